The fourth-order valence-electron chi connectivity index (χ4n) is 2.11. The standard InChI is InChI=1S/C13H16N4O/c1-3-17(2)13-15-12(18-16-13)11-8-9-6-4-5-7-10(9)14-11/h4-7,11,14H,3,8H2,1-2H3. The molecule has 0 saturated heterocycles. The molecule has 0 radical (unpaired) electrons. The molecule has 1 aliphatic heterocycles. The third kappa shape index (κ3) is 1.81. The Morgan fingerprint density at radius 1 is 1.44 bits per heavy atom. The number of fused-ring (bicyclic) bond motifs is 1. The summed E-state index contributed by atoms with van der Waals surface area (Å²) in [5.74, 6) is 1.30. The molecular formula is C13H16N4O. The molecule has 1 aromatic carbocycles. The Bertz CT molecular complexity index is 526. The van der Waals surface area contributed by atoms with Crippen LogP contribution in [0.2, 0.25) is 0 Å². The summed E-state index contributed by atoms with van der Waals surface area (Å²) in [6.07, 6.45) is 0.896. The molecule has 0 spiro atoms. The molecule has 5 nitrogen and oxygen atoms in total. The van der Waals surface area contributed by atoms with Crippen molar-refractivity contribution in [1.82, 2.24) is 10.1 Å². The van der Waals surface area contributed by atoms with E-state index in [2.05, 4.69) is 34.5 Å². The van der Waals surface area contributed by atoms with Crippen LogP contribution in [0.3, 0.4) is 0 Å². The van der Waals surface area contributed by atoms with Crippen LogP contribution in [0, 0.1) is 0 Å². The summed E-state index contributed by atoms with van der Waals surface area (Å²) in [5, 5.41) is 7.40. The van der Waals surface area contributed by atoms with Crippen molar-refractivity contribution in [2.24, 2.45) is 0 Å². The van der Waals surface area contributed by atoms with E-state index in [0.717, 1.165) is 18.7 Å². The second-order valence-electron chi connectivity index (χ2n) is 4.50. The number of hydrogen-bond donors (Lipinski definition) is 1. The van der Waals surface area contributed by atoms with Crippen LogP contribution in [0.25, 0.3) is 0 Å². The summed E-state index contributed by atoms with van der Waals surface area (Å²) >= 11 is 0. The van der Waals surface area contributed by atoms with E-state index in [1.165, 1.54) is 5.56 Å². The second kappa shape index (κ2) is 4.33. The monoisotopic (exact) mass is 244 g/mol. The van der Waals surface area contributed by atoms with E-state index in [0.29, 0.717) is 11.8 Å². The van der Waals surface area contributed by atoms with Gasteiger partial charge in [0.2, 0.25) is 0 Å². The SMILES string of the molecule is CCN(C)c1noc(C2Cc3ccccc3N2)n1. The van der Waals surface area contributed by atoms with Crippen LogP contribution in [-0.2, 0) is 6.42 Å². The average molecular weight is 244 g/mol. The molecule has 0 saturated carbocycles. The molecule has 3 rings (SSSR count). The normalized spacial score (nSPS) is 17.3. The van der Waals surface area contributed by atoms with Crippen molar-refractivity contribution in [3.8, 4) is 0 Å². The van der Waals surface area contributed by atoms with Crippen LogP contribution >= 0.6 is 0 Å². The highest BCUT2D eigenvalue weighted by molar-refractivity contribution is 5.57. The van der Waals surface area contributed by atoms with Crippen LogP contribution in [0.4, 0.5) is 11.6 Å². The van der Waals surface area contributed by atoms with Crippen LogP contribution in [0.1, 0.15) is 24.4 Å². The average Bonchev–Trinajstić information content (AvgIpc) is 3.03. The van der Waals surface area contributed by atoms with E-state index in [1.807, 2.05) is 24.1 Å². The number of para-hydroxylation sites is 1. The third-order valence-electron chi connectivity index (χ3n) is 3.32. The fourth-order valence-corrected chi connectivity index (χ4v) is 2.11. The quantitative estimate of drug-likeness (QED) is 0.897. The third-order valence-corrected chi connectivity index (χ3v) is 3.32. The van der Waals surface area contributed by atoms with Gasteiger partial charge in [-0.3, -0.25) is 0 Å². The van der Waals surface area contributed by atoms with Crippen molar-refractivity contribution in [2.45, 2.75) is 19.4 Å². The molecule has 0 fully saturated rings. The van der Waals surface area contributed by atoms with E-state index in [4.69, 9.17) is 4.52 Å². The van der Waals surface area contributed by atoms with Crippen molar-refractivity contribution in [3.05, 3.63) is 35.7 Å². The highest BCUT2D eigenvalue weighted by Gasteiger charge is 2.26. The fraction of sp³-hybridized carbons (Fsp3) is 0.385. The minimum absolute atomic E-state index is 0.0916. The Labute approximate surface area is 106 Å². The molecule has 18 heavy (non-hydrogen) atoms. The number of nitrogens with zero attached hydrogens (tertiary/aromatic N) is 3. The molecule has 0 amide bonds. The van der Waals surface area contributed by atoms with Crippen molar-refractivity contribution < 1.29 is 4.52 Å². The van der Waals surface area contributed by atoms with Gasteiger partial charge in [-0.1, -0.05) is 18.2 Å². The Hall–Kier alpha value is -2.04. The molecule has 0 aliphatic carbocycles. The predicted molar refractivity (Wildman–Crippen MR) is 69.8 cm³/mol. The maximum atomic E-state index is 5.34. The smallest absolute Gasteiger partial charge is 0.265 e. The molecule has 1 aromatic heterocycles. The number of aromatic nitrogens is 2. The van der Waals surface area contributed by atoms with Gasteiger partial charge in [0.15, 0.2) is 0 Å². The molecule has 1 atom stereocenters. The molecule has 0 bridgehead atoms. The van der Waals surface area contributed by atoms with Gasteiger partial charge < -0.3 is 14.7 Å². The van der Waals surface area contributed by atoms with Gasteiger partial charge in [0.1, 0.15) is 6.04 Å². The second-order valence-corrected chi connectivity index (χ2v) is 4.50. The maximum absolute atomic E-state index is 5.34. The molecule has 5 heteroatoms. The lowest BCUT2D eigenvalue weighted by atomic mass is 10.1. The van der Waals surface area contributed by atoms with E-state index in [-0.39, 0.29) is 6.04 Å². The van der Waals surface area contributed by atoms with Gasteiger partial charge in [0.05, 0.1) is 0 Å². The number of anilines is 2. The Balaban J connectivity index is 1.80. The summed E-state index contributed by atoms with van der Waals surface area (Å²) in [6.45, 7) is 2.91. The number of rotatable bonds is 3. The molecule has 2 aromatic rings. The summed E-state index contributed by atoms with van der Waals surface area (Å²) in [4.78, 5) is 6.39. The summed E-state index contributed by atoms with van der Waals surface area (Å²) in [7, 11) is 1.95. The van der Waals surface area contributed by atoms with Crippen LogP contribution in [0.15, 0.2) is 28.8 Å². The Morgan fingerprint density at radius 2 is 2.28 bits per heavy atom. The van der Waals surface area contributed by atoms with Crippen LogP contribution in [0.5, 0.6) is 0 Å². The molecule has 2 heterocycles. The van der Waals surface area contributed by atoms with E-state index in [9.17, 15) is 0 Å². The minimum atomic E-state index is 0.0916. The van der Waals surface area contributed by atoms with Gasteiger partial charge in [0.25, 0.3) is 11.8 Å². The summed E-state index contributed by atoms with van der Waals surface area (Å²) < 4.78 is 5.34. The summed E-state index contributed by atoms with van der Waals surface area (Å²) in [5.41, 5.74) is 2.46. The van der Waals surface area contributed by atoms with Crippen LogP contribution < -0.4 is 10.2 Å². The Kier molecular flexibility index (Phi) is 2.66. The van der Waals surface area contributed by atoms with Crippen molar-refractivity contribution in [2.75, 3.05) is 23.8 Å². The van der Waals surface area contributed by atoms with Gasteiger partial charge in [0, 0.05) is 25.7 Å². The van der Waals surface area contributed by atoms with Gasteiger partial charge in [-0.2, -0.15) is 4.98 Å². The van der Waals surface area contributed by atoms with E-state index < -0.39 is 0 Å². The first kappa shape index (κ1) is 11.1. The van der Waals surface area contributed by atoms with E-state index in [1.54, 1.807) is 0 Å². The zero-order chi connectivity index (χ0) is 12.5. The largest absolute Gasteiger partial charge is 0.373 e. The first-order valence-electron chi connectivity index (χ1n) is 6.17. The van der Waals surface area contributed by atoms with Gasteiger partial charge in [-0.05, 0) is 23.7 Å². The first-order chi connectivity index (χ1) is 8.78. The topological polar surface area (TPSA) is 54.2 Å². The number of hydrogen-bond acceptors (Lipinski definition) is 5. The zero-order valence-corrected chi connectivity index (χ0v) is 10.6. The zero-order valence-electron chi connectivity index (χ0n) is 10.6. The molecule has 1 aliphatic rings. The lowest BCUT2D eigenvalue weighted by Crippen LogP contribution is -2.17. The maximum Gasteiger partial charge on any atom is 0.265 e. The summed E-state index contributed by atoms with van der Waals surface area (Å²) in [6, 6.07) is 8.36. The van der Waals surface area contributed by atoms with Crippen molar-refractivity contribution in [3.63, 3.8) is 0 Å². The number of nitrogens with one attached hydrogen (secondary N) is 1. The van der Waals surface area contributed by atoms with Gasteiger partial charge >= 0.3 is 0 Å². The van der Waals surface area contributed by atoms with Gasteiger partial charge in [-0.15, -0.1) is 0 Å². The van der Waals surface area contributed by atoms with E-state index >= 15 is 0 Å². The van der Waals surface area contributed by atoms with Crippen molar-refractivity contribution >= 4 is 11.6 Å². The van der Waals surface area contributed by atoms with Crippen molar-refractivity contribution in [1.29, 1.82) is 0 Å². The molecule has 1 unspecified atom stereocenters. The predicted octanol–water partition coefficient (Wildman–Crippen LogP) is 2.23. The first-order valence-corrected chi connectivity index (χ1v) is 6.17. The molecule has 94 valence electrons. The minimum Gasteiger partial charge on any atom is -0.373 e. The molecule has 1 N–H and O–H groups in total. The Morgan fingerprint density at radius 3 is 3.06 bits per heavy atom. The van der Waals surface area contributed by atoms with Gasteiger partial charge in [-0.25, -0.2) is 0 Å². The highest BCUT2D eigenvalue weighted by Crippen LogP contribution is 2.33. The highest BCUT2D eigenvalue weighted by atomic mass is 16.5. The van der Waals surface area contributed by atoms with Crippen LogP contribution in [-0.4, -0.2) is 23.7 Å². The molecular weight excluding hydrogens is 228 g/mol. The lowest BCUT2D eigenvalue weighted by molar-refractivity contribution is 0.363. The lowest BCUT2D eigenvalue weighted by Gasteiger charge is -2.09. The number of benzene rings is 1.